The van der Waals surface area contributed by atoms with E-state index in [4.69, 9.17) is 0 Å². The smallest absolute Gasteiger partial charge is 0.277 e. The number of Topliss-reactive ketones (excluding diaryl/α,β-unsaturated/α-hetero) is 1. The Morgan fingerprint density at radius 3 is 2.32 bits per heavy atom. The fraction of sp³-hybridized carbons (Fsp3) is 0.533. The van der Waals surface area contributed by atoms with Crippen LogP contribution in [-0.2, 0) is 14.4 Å². The number of aliphatic hydroxyl groups excluding tert-OH is 1. The second-order valence-electron chi connectivity index (χ2n) is 11.4. The second-order valence-corrected chi connectivity index (χ2v) is 11.4. The number of hydrogen-bond donors (Lipinski definition) is 2. The number of carbonyl (C=O) groups is 3. The van der Waals surface area contributed by atoms with E-state index in [0.717, 1.165) is 25.2 Å². The number of aliphatic hydroxyl groups is 1. The number of carbonyl (C=O) groups excluding carboxylic acids is 3. The Balaban J connectivity index is 1.76. The molecule has 1 heterocycles. The zero-order chi connectivity index (χ0) is 27.8. The molecule has 38 heavy (non-hydrogen) atoms. The lowest BCUT2D eigenvalue weighted by atomic mass is 9.78. The molecule has 204 valence electrons. The average molecular weight is 521 g/mol. The van der Waals surface area contributed by atoms with Gasteiger partial charge in [0.25, 0.3) is 5.91 Å². The molecule has 4 rings (SSSR count). The highest BCUT2D eigenvalue weighted by molar-refractivity contribution is 6.44. The Labute approximate surface area is 225 Å². The zero-order valence-electron chi connectivity index (χ0n) is 23.5. The quantitative estimate of drug-likeness (QED) is 0.434. The summed E-state index contributed by atoms with van der Waals surface area (Å²) < 4.78 is 0. The van der Waals surface area contributed by atoms with Gasteiger partial charge in [-0.1, -0.05) is 25.7 Å². The van der Waals surface area contributed by atoms with Gasteiger partial charge in [0, 0.05) is 31.3 Å². The molecule has 2 amide bonds. The molecule has 0 radical (unpaired) electrons. The van der Waals surface area contributed by atoms with E-state index in [9.17, 15) is 19.5 Å². The number of rotatable bonds is 8. The minimum absolute atomic E-state index is 0.0310. The first-order chi connectivity index (χ1) is 18.0. The lowest BCUT2D eigenvalue weighted by Gasteiger charge is -2.29. The van der Waals surface area contributed by atoms with Gasteiger partial charge in [-0.05, 0) is 71.6 Å². The van der Waals surface area contributed by atoms with E-state index < -0.39 is 11.3 Å². The summed E-state index contributed by atoms with van der Waals surface area (Å²) in [5, 5.41) is 20.1. The molecule has 1 aliphatic heterocycles. The van der Waals surface area contributed by atoms with E-state index in [1.54, 1.807) is 6.07 Å². The zero-order valence-corrected chi connectivity index (χ0v) is 23.5. The number of amides is 2. The summed E-state index contributed by atoms with van der Waals surface area (Å²) in [4.78, 5) is 41.3. The molecule has 3 aliphatic rings. The molecule has 2 N–H and O–H groups in total. The first kappa shape index (κ1) is 27.6. The van der Waals surface area contributed by atoms with Gasteiger partial charge in [-0.3, -0.25) is 14.4 Å². The number of allylic oxidation sites excluding steroid dienone is 2. The fourth-order valence-corrected chi connectivity index (χ4v) is 5.68. The minimum Gasteiger partial charge on any atom is -0.506 e. The number of hydrazone groups is 1. The highest BCUT2D eigenvalue weighted by Gasteiger charge is 2.46. The average Bonchev–Trinajstić information content (AvgIpc) is 3.48. The minimum atomic E-state index is -0.564. The largest absolute Gasteiger partial charge is 0.506 e. The fourth-order valence-electron chi connectivity index (χ4n) is 5.68. The Bertz CT molecular complexity index is 1240. The van der Waals surface area contributed by atoms with Crippen LogP contribution in [0.5, 0.6) is 0 Å². The summed E-state index contributed by atoms with van der Waals surface area (Å²) >= 11 is 0. The normalized spacial score (nSPS) is 20.3. The second kappa shape index (κ2) is 10.8. The maximum Gasteiger partial charge on any atom is 0.277 e. The lowest BCUT2D eigenvalue weighted by Crippen LogP contribution is -2.40. The van der Waals surface area contributed by atoms with Gasteiger partial charge < -0.3 is 15.3 Å². The molecule has 1 aromatic rings. The van der Waals surface area contributed by atoms with Crippen molar-refractivity contribution in [3.05, 3.63) is 40.7 Å². The first-order valence-electron chi connectivity index (χ1n) is 13.8. The lowest BCUT2D eigenvalue weighted by molar-refractivity contribution is -0.130. The van der Waals surface area contributed by atoms with Crippen molar-refractivity contribution in [2.75, 3.05) is 23.3 Å². The summed E-state index contributed by atoms with van der Waals surface area (Å²) in [5.41, 5.74) is 2.15. The molecular formula is C30H40N4O4. The van der Waals surface area contributed by atoms with Crippen LogP contribution in [0.15, 0.2) is 40.2 Å². The van der Waals surface area contributed by atoms with Crippen LogP contribution in [0.4, 0.5) is 11.4 Å². The van der Waals surface area contributed by atoms with Gasteiger partial charge in [-0.25, -0.2) is 5.01 Å². The van der Waals surface area contributed by atoms with Crippen molar-refractivity contribution < 1.29 is 19.5 Å². The van der Waals surface area contributed by atoms with Crippen LogP contribution in [-0.4, -0.2) is 52.1 Å². The van der Waals surface area contributed by atoms with Crippen molar-refractivity contribution in [2.24, 2.45) is 11.0 Å². The molecule has 0 unspecified atom stereocenters. The Morgan fingerprint density at radius 1 is 1.11 bits per heavy atom. The van der Waals surface area contributed by atoms with Crippen LogP contribution in [0.2, 0.25) is 0 Å². The SMILES string of the molecule is CCN(CC)c1ccc(C2=C(O)/C(=C3\C(=O)N(C(C)(C)C)N=C3CCC3CCCC3)C2=O)c(NC(C)=O)c1. The molecule has 1 fully saturated rings. The summed E-state index contributed by atoms with van der Waals surface area (Å²) in [6.07, 6.45) is 6.32. The van der Waals surface area contributed by atoms with E-state index in [1.807, 2.05) is 46.8 Å². The number of nitrogens with zero attached hydrogens (tertiary/aromatic N) is 3. The van der Waals surface area contributed by atoms with Gasteiger partial charge in [0.15, 0.2) is 0 Å². The molecular weight excluding hydrogens is 480 g/mol. The van der Waals surface area contributed by atoms with E-state index in [-0.39, 0.29) is 34.3 Å². The number of hydrogen-bond acceptors (Lipinski definition) is 6. The van der Waals surface area contributed by atoms with Gasteiger partial charge in [0.1, 0.15) is 5.76 Å². The van der Waals surface area contributed by atoms with Crippen LogP contribution < -0.4 is 10.2 Å². The Hall–Kier alpha value is -3.42. The molecule has 0 bridgehead atoms. The number of nitrogens with one attached hydrogen (secondary N) is 1. The topological polar surface area (TPSA) is 102 Å². The maximum atomic E-state index is 13.6. The molecule has 1 aromatic carbocycles. The molecule has 0 aromatic heterocycles. The molecule has 8 nitrogen and oxygen atoms in total. The predicted molar refractivity (Wildman–Crippen MR) is 151 cm³/mol. The van der Waals surface area contributed by atoms with E-state index in [0.29, 0.717) is 29.3 Å². The highest BCUT2D eigenvalue weighted by Crippen LogP contribution is 2.44. The Kier molecular flexibility index (Phi) is 7.81. The van der Waals surface area contributed by atoms with Crippen LogP contribution in [0.25, 0.3) is 5.57 Å². The summed E-state index contributed by atoms with van der Waals surface area (Å²) in [7, 11) is 0. The van der Waals surface area contributed by atoms with Crippen LogP contribution >= 0.6 is 0 Å². The molecule has 0 atom stereocenters. The van der Waals surface area contributed by atoms with Crippen molar-refractivity contribution in [1.82, 2.24) is 5.01 Å². The van der Waals surface area contributed by atoms with E-state index in [2.05, 4.69) is 15.3 Å². The maximum absolute atomic E-state index is 13.6. The number of anilines is 2. The van der Waals surface area contributed by atoms with E-state index >= 15 is 0 Å². The Morgan fingerprint density at radius 2 is 1.76 bits per heavy atom. The third-order valence-corrected chi connectivity index (χ3v) is 7.70. The van der Waals surface area contributed by atoms with E-state index in [1.165, 1.54) is 37.6 Å². The molecule has 0 saturated heterocycles. The van der Waals surface area contributed by atoms with Gasteiger partial charge in [0.2, 0.25) is 11.7 Å². The third-order valence-electron chi connectivity index (χ3n) is 7.70. The highest BCUT2D eigenvalue weighted by atomic mass is 16.3. The van der Waals surface area contributed by atoms with Crippen molar-refractivity contribution in [3.8, 4) is 0 Å². The van der Waals surface area contributed by atoms with Crippen LogP contribution in [0.1, 0.15) is 85.6 Å². The van der Waals surface area contributed by atoms with Gasteiger partial charge in [0.05, 0.1) is 33.7 Å². The predicted octanol–water partition coefficient (Wildman–Crippen LogP) is 5.61. The molecule has 0 spiro atoms. The third kappa shape index (κ3) is 5.13. The summed E-state index contributed by atoms with van der Waals surface area (Å²) in [6, 6.07) is 5.44. The van der Waals surface area contributed by atoms with Gasteiger partial charge in [-0.15, -0.1) is 0 Å². The first-order valence-corrected chi connectivity index (χ1v) is 13.8. The van der Waals surface area contributed by atoms with Crippen molar-refractivity contribution in [1.29, 1.82) is 0 Å². The van der Waals surface area contributed by atoms with Crippen LogP contribution in [0, 0.1) is 5.92 Å². The molecule has 8 heteroatoms. The monoisotopic (exact) mass is 520 g/mol. The standard InChI is InChI=1S/C30H40N4O4/c1-7-33(8-2)20-14-15-21(23(17-20)31-18(3)35)24-27(36)26(28(24)37)25-22(16-13-19-11-9-10-12-19)32-34(29(25)38)30(4,5)6/h14-15,17,19,36H,7-13,16H2,1-6H3,(H,31,35)/b26-25+. The van der Waals surface area contributed by atoms with Crippen LogP contribution in [0.3, 0.4) is 0 Å². The summed E-state index contributed by atoms with van der Waals surface area (Å²) in [6.45, 7) is 12.8. The molecule has 1 saturated carbocycles. The van der Waals surface area contributed by atoms with Crippen molar-refractivity contribution in [2.45, 2.75) is 85.6 Å². The van der Waals surface area contributed by atoms with Gasteiger partial charge in [-0.2, -0.15) is 5.10 Å². The van der Waals surface area contributed by atoms with Gasteiger partial charge >= 0.3 is 0 Å². The number of ketones is 1. The van der Waals surface area contributed by atoms with Crippen molar-refractivity contribution in [3.63, 3.8) is 0 Å². The molecule has 2 aliphatic carbocycles. The van der Waals surface area contributed by atoms with Crippen molar-refractivity contribution >= 4 is 40.3 Å². The number of benzene rings is 1. The summed E-state index contributed by atoms with van der Waals surface area (Å²) in [5.74, 6) is -0.653.